The molecule has 8 nitrogen and oxygen atoms in total. The van der Waals surface area contributed by atoms with Crippen LogP contribution in [0.15, 0.2) is 59.9 Å². The third kappa shape index (κ3) is 3.39. The summed E-state index contributed by atoms with van der Waals surface area (Å²) in [5.41, 5.74) is 1.24. The Morgan fingerprint density at radius 3 is 2.78 bits per heavy atom. The van der Waals surface area contributed by atoms with Gasteiger partial charge in [-0.1, -0.05) is 0 Å². The highest BCUT2D eigenvalue weighted by Gasteiger charge is 2.58. The highest BCUT2D eigenvalue weighted by atomic mass is 16.3. The normalized spacial score (nSPS) is 23.1. The summed E-state index contributed by atoms with van der Waals surface area (Å²) in [5.74, 6) is 0.0534. The maximum absolute atomic E-state index is 13.8. The Labute approximate surface area is 186 Å². The Morgan fingerprint density at radius 1 is 1.28 bits per heavy atom. The summed E-state index contributed by atoms with van der Waals surface area (Å²) in [6.07, 6.45) is 9.52. The van der Waals surface area contributed by atoms with E-state index in [0.717, 1.165) is 11.3 Å². The van der Waals surface area contributed by atoms with Gasteiger partial charge in [-0.15, -0.1) is 0 Å². The lowest BCUT2D eigenvalue weighted by Gasteiger charge is -2.27. The van der Waals surface area contributed by atoms with Gasteiger partial charge in [0.2, 0.25) is 5.91 Å². The van der Waals surface area contributed by atoms with Gasteiger partial charge >= 0.3 is 0 Å². The molecular weight excluding hydrogens is 406 g/mol. The predicted octanol–water partition coefficient (Wildman–Crippen LogP) is 3.11. The summed E-state index contributed by atoms with van der Waals surface area (Å²) < 4.78 is 7.40. The molecule has 2 amide bonds. The SMILES string of the molecule is CC(C)n1cnc([C@H]2CN(C(=O)c3ccco3)C[C@]23CCN(Cc2ccncc2)C3=O)c1. The van der Waals surface area contributed by atoms with E-state index in [-0.39, 0.29) is 23.8 Å². The first kappa shape index (κ1) is 20.5. The maximum Gasteiger partial charge on any atom is 0.289 e. The molecule has 32 heavy (non-hydrogen) atoms. The number of hydrogen-bond donors (Lipinski definition) is 0. The lowest BCUT2D eigenvalue weighted by Crippen LogP contribution is -2.40. The van der Waals surface area contributed by atoms with Crippen LogP contribution in [0, 0.1) is 5.41 Å². The van der Waals surface area contributed by atoms with Crippen molar-refractivity contribution in [2.45, 2.75) is 38.8 Å². The predicted molar refractivity (Wildman–Crippen MR) is 117 cm³/mol. The van der Waals surface area contributed by atoms with Crippen molar-refractivity contribution in [2.24, 2.45) is 5.41 Å². The van der Waals surface area contributed by atoms with Gasteiger partial charge in [0.15, 0.2) is 5.76 Å². The molecule has 0 N–H and O–H groups in total. The molecule has 0 radical (unpaired) electrons. The first-order valence-corrected chi connectivity index (χ1v) is 11.0. The van der Waals surface area contributed by atoms with Gasteiger partial charge in [-0.05, 0) is 50.1 Å². The Bertz CT molecular complexity index is 1110. The Balaban J connectivity index is 1.47. The van der Waals surface area contributed by atoms with E-state index in [9.17, 15) is 9.59 Å². The van der Waals surface area contributed by atoms with E-state index in [0.29, 0.717) is 38.4 Å². The second kappa shape index (κ2) is 7.93. The zero-order chi connectivity index (χ0) is 22.3. The number of pyridine rings is 1. The monoisotopic (exact) mass is 433 g/mol. The highest BCUT2D eigenvalue weighted by Crippen LogP contribution is 2.50. The molecule has 3 aromatic rings. The van der Waals surface area contributed by atoms with Crippen molar-refractivity contribution < 1.29 is 14.0 Å². The average Bonchev–Trinajstić information content (AvgIpc) is 3.58. The summed E-state index contributed by atoms with van der Waals surface area (Å²) in [6, 6.07) is 7.51. The third-order valence-corrected chi connectivity index (χ3v) is 6.80. The lowest BCUT2D eigenvalue weighted by molar-refractivity contribution is -0.136. The van der Waals surface area contributed by atoms with E-state index < -0.39 is 5.41 Å². The zero-order valence-corrected chi connectivity index (χ0v) is 18.3. The van der Waals surface area contributed by atoms with Crippen LogP contribution in [-0.4, -0.2) is 55.8 Å². The summed E-state index contributed by atoms with van der Waals surface area (Å²) in [5, 5.41) is 0. The van der Waals surface area contributed by atoms with Crippen molar-refractivity contribution in [1.82, 2.24) is 24.3 Å². The number of aromatic nitrogens is 3. The summed E-state index contributed by atoms with van der Waals surface area (Å²) in [6.45, 7) is 6.22. The van der Waals surface area contributed by atoms with Crippen molar-refractivity contribution in [3.63, 3.8) is 0 Å². The fourth-order valence-electron chi connectivity index (χ4n) is 5.00. The zero-order valence-electron chi connectivity index (χ0n) is 18.3. The van der Waals surface area contributed by atoms with Crippen molar-refractivity contribution in [1.29, 1.82) is 0 Å². The Hall–Kier alpha value is -3.42. The Kier molecular flexibility index (Phi) is 5.07. The lowest BCUT2D eigenvalue weighted by atomic mass is 9.75. The molecule has 2 aliphatic heterocycles. The van der Waals surface area contributed by atoms with E-state index in [1.54, 1.807) is 29.4 Å². The van der Waals surface area contributed by atoms with Crippen molar-refractivity contribution >= 4 is 11.8 Å². The summed E-state index contributed by atoms with van der Waals surface area (Å²) in [7, 11) is 0. The van der Waals surface area contributed by atoms with Crippen LogP contribution in [0.1, 0.15) is 54.0 Å². The molecule has 1 spiro atoms. The van der Waals surface area contributed by atoms with Crippen LogP contribution in [0.5, 0.6) is 0 Å². The average molecular weight is 434 g/mol. The van der Waals surface area contributed by atoms with Gasteiger partial charge in [-0.2, -0.15) is 0 Å². The highest BCUT2D eigenvalue weighted by molar-refractivity contribution is 5.94. The number of likely N-dealkylation sites (tertiary alicyclic amines) is 2. The quantitative estimate of drug-likeness (QED) is 0.617. The summed E-state index contributed by atoms with van der Waals surface area (Å²) >= 11 is 0. The molecular formula is C24H27N5O3. The van der Waals surface area contributed by atoms with Crippen LogP contribution >= 0.6 is 0 Å². The van der Waals surface area contributed by atoms with Gasteiger partial charge in [-0.25, -0.2) is 4.98 Å². The van der Waals surface area contributed by atoms with Crippen molar-refractivity contribution in [2.75, 3.05) is 19.6 Å². The van der Waals surface area contributed by atoms with Gasteiger partial charge in [0.05, 0.1) is 23.7 Å². The smallest absolute Gasteiger partial charge is 0.289 e. The fourth-order valence-corrected chi connectivity index (χ4v) is 5.00. The third-order valence-electron chi connectivity index (χ3n) is 6.80. The van der Waals surface area contributed by atoms with Gasteiger partial charge in [0.25, 0.3) is 5.91 Å². The number of carbonyl (C=O) groups excluding carboxylic acids is 2. The molecule has 3 aromatic heterocycles. The minimum absolute atomic E-state index is 0.0909. The van der Waals surface area contributed by atoms with Crippen LogP contribution in [0.3, 0.4) is 0 Å². The molecule has 5 heterocycles. The van der Waals surface area contributed by atoms with Crippen LogP contribution in [0.25, 0.3) is 0 Å². The van der Waals surface area contributed by atoms with Gasteiger partial charge < -0.3 is 18.8 Å². The molecule has 0 saturated carbocycles. The van der Waals surface area contributed by atoms with E-state index >= 15 is 0 Å². The number of rotatable bonds is 5. The number of nitrogens with zero attached hydrogens (tertiary/aromatic N) is 5. The second-order valence-corrected chi connectivity index (χ2v) is 9.04. The molecule has 166 valence electrons. The number of furan rings is 1. The molecule has 0 unspecified atom stereocenters. The van der Waals surface area contributed by atoms with Crippen LogP contribution < -0.4 is 0 Å². The van der Waals surface area contributed by atoms with Crippen LogP contribution in [0.2, 0.25) is 0 Å². The first-order valence-electron chi connectivity index (χ1n) is 11.0. The van der Waals surface area contributed by atoms with E-state index in [4.69, 9.17) is 4.42 Å². The Morgan fingerprint density at radius 2 is 2.09 bits per heavy atom. The topological polar surface area (TPSA) is 84.5 Å². The maximum atomic E-state index is 13.8. The molecule has 2 aliphatic rings. The molecule has 0 bridgehead atoms. The number of imidazole rings is 1. The molecule has 2 fully saturated rings. The summed E-state index contributed by atoms with van der Waals surface area (Å²) in [4.78, 5) is 39.3. The van der Waals surface area contributed by atoms with Crippen molar-refractivity contribution in [3.05, 3.63) is 72.5 Å². The molecule has 2 saturated heterocycles. The largest absolute Gasteiger partial charge is 0.459 e. The standard InChI is InChI=1S/C24H27N5O3/c1-17(2)29-14-20(26-16-29)19-13-28(22(30)21-4-3-11-32-21)15-24(19)7-10-27(23(24)31)12-18-5-8-25-9-6-18/h3-6,8-9,11,14,16-17,19H,7,10,12-13,15H2,1-2H3/t19-,24-/m1/s1. The van der Waals surface area contributed by atoms with Crippen molar-refractivity contribution in [3.8, 4) is 0 Å². The van der Waals surface area contributed by atoms with E-state index in [1.165, 1.54) is 6.26 Å². The number of amides is 2. The second-order valence-electron chi connectivity index (χ2n) is 9.04. The minimum atomic E-state index is -0.675. The molecule has 2 atom stereocenters. The van der Waals surface area contributed by atoms with E-state index in [2.05, 4.69) is 23.8 Å². The van der Waals surface area contributed by atoms with Crippen LogP contribution in [-0.2, 0) is 11.3 Å². The molecule has 5 rings (SSSR count). The minimum Gasteiger partial charge on any atom is -0.459 e. The van der Waals surface area contributed by atoms with E-state index in [1.807, 2.05) is 34.1 Å². The van der Waals surface area contributed by atoms with Gasteiger partial charge in [0, 0.05) is 56.7 Å². The first-order chi connectivity index (χ1) is 15.5. The fraction of sp³-hybridized carbons (Fsp3) is 0.417. The van der Waals surface area contributed by atoms with Crippen LogP contribution in [0.4, 0.5) is 0 Å². The molecule has 0 aromatic carbocycles. The number of carbonyl (C=O) groups is 2. The molecule has 8 heteroatoms. The van der Waals surface area contributed by atoms with Gasteiger partial charge in [-0.3, -0.25) is 14.6 Å². The van der Waals surface area contributed by atoms with Gasteiger partial charge in [0.1, 0.15) is 0 Å². The molecule has 0 aliphatic carbocycles. The number of hydrogen-bond acceptors (Lipinski definition) is 5.